The van der Waals surface area contributed by atoms with Gasteiger partial charge in [-0.2, -0.15) is 13.2 Å². The predicted octanol–water partition coefficient (Wildman–Crippen LogP) is 3.49. The molecule has 2 amide bonds. The number of nitrogens with one attached hydrogen (secondary N) is 1. The van der Waals surface area contributed by atoms with Crippen molar-refractivity contribution in [3.63, 3.8) is 0 Å². The second-order valence-electron chi connectivity index (χ2n) is 6.95. The van der Waals surface area contributed by atoms with Crippen LogP contribution in [0, 0.1) is 5.92 Å². The van der Waals surface area contributed by atoms with Crippen LogP contribution < -0.4 is 5.32 Å². The van der Waals surface area contributed by atoms with E-state index in [1.807, 2.05) is 4.90 Å². The molecule has 0 atom stereocenters. The average Bonchev–Trinajstić information content (AvgIpc) is 2.57. The smallest absolute Gasteiger partial charge is 0.335 e. The summed E-state index contributed by atoms with van der Waals surface area (Å²) in [6.07, 6.45) is -2.54. The van der Waals surface area contributed by atoms with Gasteiger partial charge in [0, 0.05) is 12.7 Å². The van der Waals surface area contributed by atoms with Crippen LogP contribution in [0.15, 0.2) is 18.2 Å². The maximum absolute atomic E-state index is 12.9. The van der Waals surface area contributed by atoms with Crippen LogP contribution in [0.4, 0.5) is 18.9 Å². The topological polar surface area (TPSA) is 52.7 Å². The summed E-state index contributed by atoms with van der Waals surface area (Å²) >= 11 is 5.55. The van der Waals surface area contributed by atoms with E-state index in [9.17, 15) is 22.8 Å². The molecule has 0 unspecified atom stereocenters. The van der Waals surface area contributed by atoms with Crippen molar-refractivity contribution in [2.45, 2.75) is 25.9 Å². The Morgan fingerprint density at radius 1 is 1.30 bits per heavy atom. The fourth-order valence-corrected chi connectivity index (χ4v) is 3.08. The van der Waals surface area contributed by atoms with Crippen molar-refractivity contribution in [1.29, 1.82) is 0 Å². The maximum atomic E-state index is 12.9. The number of alkyl halides is 3. The number of rotatable bonds is 5. The van der Waals surface area contributed by atoms with Crippen molar-refractivity contribution in [1.82, 2.24) is 9.80 Å². The van der Waals surface area contributed by atoms with Gasteiger partial charge in [-0.1, -0.05) is 18.5 Å². The number of carbonyl (C=O) groups is 2. The first-order valence-electron chi connectivity index (χ1n) is 8.69. The van der Waals surface area contributed by atoms with Gasteiger partial charge >= 0.3 is 6.18 Å². The number of anilines is 1. The van der Waals surface area contributed by atoms with E-state index in [4.69, 9.17) is 11.6 Å². The van der Waals surface area contributed by atoms with Gasteiger partial charge in [0.25, 0.3) is 0 Å². The quantitative estimate of drug-likeness (QED) is 0.816. The van der Waals surface area contributed by atoms with Gasteiger partial charge < -0.3 is 10.2 Å². The van der Waals surface area contributed by atoms with Crippen molar-refractivity contribution < 1.29 is 22.8 Å². The first-order chi connectivity index (χ1) is 12.6. The summed E-state index contributed by atoms with van der Waals surface area (Å²) in [7, 11) is 1.50. The Morgan fingerprint density at radius 3 is 2.52 bits per heavy atom. The van der Waals surface area contributed by atoms with Gasteiger partial charge in [0.15, 0.2) is 0 Å². The molecule has 1 aromatic carbocycles. The Hall–Kier alpha value is -1.80. The van der Waals surface area contributed by atoms with E-state index >= 15 is 0 Å². The summed E-state index contributed by atoms with van der Waals surface area (Å²) in [5.74, 6) is -0.124. The molecule has 27 heavy (non-hydrogen) atoms. The molecule has 0 bridgehead atoms. The van der Waals surface area contributed by atoms with Gasteiger partial charge in [0.1, 0.15) is 0 Å². The van der Waals surface area contributed by atoms with E-state index in [-0.39, 0.29) is 24.7 Å². The largest absolute Gasteiger partial charge is 0.417 e. The third-order valence-corrected chi connectivity index (χ3v) is 4.93. The molecule has 0 spiro atoms. The van der Waals surface area contributed by atoms with Crippen LogP contribution in [0.5, 0.6) is 0 Å². The Labute approximate surface area is 161 Å². The molecular formula is C18H23ClF3N3O2. The standard InChI is InChI=1S/C18H23ClF3N3O2/c1-12-5-7-25(8-6-12)11-17(27)24(2)10-16(26)23-13-3-4-15(19)14(9-13)18(20,21)22/h3-4,9,12H,5-8,10-11H2,1-2H3,(H,23,26). The Morgan fingerprint density at radius 2 is 1.93 bits per heavy atom. The number of benzene rings is 1. The summed E-state index contributed by atoms with van der Waals surface area (Å²) < 4.78 is 38.6. The second kappa shape index (κ2) is 8.93. The van der Waals surface area contributed by atoms with E-state index in [2.05, 4.69) is 12.2 Å². The van der Waals surface area contributed by atoms with Crippen LogP contribution in [-0.2, 0) is 15.8 Å². The number of halogens is 4. The van der Waals surface area contributed by atoms with Crippen LogP contribution in [0.2, 0.25) is 5.02 Å². The highest BCUT2D eigenvalue weighted by atomic mass is 35.5. The number of likely N-dealkylation sites (N-methyl/N-ethyl adjacent to an activating group) is 1. The van der Waals surface area contributed by atoms with Gasteiger partial charge in [-0.15, -0.1) is 0 Å². The molecule has 1 aliphatic rings. The monoisotopic (exact) mass is 405 g/mol. The predicted molar refractivity (Wildman–Crippen MR) is 97.6 cm³/mol. The zero-order valence-electron chi connectivity index (χ0n) is 15.3. The Bertz CT molecular complexity index is 689. The van der Waals surface area contributed by atoms with Crippen molar-refractivity contribution >= 4 is 29.1 Å². The molecule has 1 aromatic rings. The van der Waals surface area contributed by atoms with E-state index in [1.54, 1.807) is 0 Å². The van der Waals surface area contributed by atoms with Crippen molar-refractivity contribution in [2.75, 3.05) is 38.5 Å². The van der Waals surface area contributed by atoms with Gasteiger partial charge in [0.05, 0.1) is 23.7 Å². The molecule has 0 aromatic heterocycles. The molecular weight excluding hydrogens is 383 g/mol. The average molecular weight is 406 g/mol. The summed E-state index contributed by atoms with van der Waals surface area (Å²) in [6, 6.07) is 3.13. The maximum Gasteiger partial charge on any atom is 0.417 e. The van der Waals surface area contributed by atoms with E-state index in [0.717, 1.165) is 38.1 Å². The Balaban J connectivity index is 1.88. The summed E-state index contributed by atoms with van der Waals surface area (Å²) in [4.78, 5) is 27.6. The number of nitrogens with zero attached hydrogens (tertiary/aromatic N) is 2. The van der Waals surface area contributed by atoms with Gasteiger partial charge in [0.2, 0.25) is 11.8 Å². The molecule has 1 fully saturated rings. The molecule has 1 heterocycles. The summed E-state index contributed by atoms with van der Waals surface area (Å²) in [5.41, 5.74) is -1.05. The number of hydrogen-bond donors (Lipinski definition) is 1. The van der Waals surface area contributed by atoms with Crippen LogP contribution in [0.1, 0.15) is 25.3 Å². The zero-order valence-corrected chi connectivity index (χ0v) is 16.0. The highest BCUT2D eigenvalue weighted by molar-refractivity contribution is 6.31. The molecule has 2 rings (SSSR count). The third-order valence-electron chi connectivity index (χ3n) is 4.60. The molecule has 0 aliphatic carbocycles. The fourth-order valence-electron chi connectivity index (χ4n) is 2.86. The molecule has 1 N–H and O–H groups in total. The number of hydrogen-bond acceptors (Lipinski definition) is 3. The first kappa shape index (κ1) is 21.5. The number of piperidine rings is 1. The van der Waals surface area contributed by atoms with E-state index < -0.39 is 22.7 Å². The number of likely N-dealkylation sites (tertiary alicyclic amines) is 1. The van der Waals surface area contributed by atoms with E-state index in [0.29, 0.717) is 5.92 Å². The van der Waals surface area contributed by atoms with Crippen LogP contribution in [0.3, 0.4) is 0 Å². The van der Waals surface area contributed by atoms with Gasteiger partial charge in [-0.3, -0.25) is 14.5 Å². The number of amides is 2. The third kappa shape index (κ3) is 6.39. The van der Waals surface area contributed by atoms with Gasteiger partial charge in [-0.25, -0.2) is 0 Å². The molecule has 0 saturated carbocycles. The minimum atomic E-state index is -4.61. The summed E-state index contributed by atoms with van der Waals surface area (Å²) in [5, 5.41) is 1.93. The van der Waals surface area contributed by atoms with Gasteiger partial charge in [-0.05, 0) is 50.0 Å². The lowest BCUT2D eigenvalue weighted by Gasteiger charge is -2.30. The molecule has 1 saturated heterocycles. The highest BCUT2D eigenvalue weighted by Gasteiger charge is 2.33. The minimum absolute atomic E-state index is 0.0254. The molecule has 0 radical (unpaired) electrons. The van der Waals surface area contributed by atoms with E-state index in [1.165, 1.54) is 18.0 Å². The van der Waals surface area contributed by atoms with Crippen LogP contribution in [-0.4, -0.2) is 54.8 Å². The lowest BCUT2D eigenvalue weighted by molar-refractivity contribution is -0.137. The fraction of sp³-hybridized carbons (Fsp3) is 0.556. The van der Waals surface area contributed by atoms with Crippen molar-refractivity contribution in [2.24, 2.45) is 5.92 Å². The van der Waals surface area contributed by atoms with Crippen molar-refractivity contribution in [3.8, 4) is 0 Å². The molecule has 150 valence electrons. The molecule has 9 heteroatoms. The molecule has 1 aliphatic heterocycles. The van der Waals surface area contributed by atoms with Crippen molar-refractivity contribution in [3.05, 3.63) is 28.8 Å². The van der Waals surface area contributed by atoms with Crippen LogP contribution in [0.25, 0.3) is 0 Å². The molecule has 5 nitrogen and oxygen atoms in total. The second-order valence-corrected chi connectivity index (χ2v) is 7.36. The lowest BCUT2D eigenvalue weighted by Crippen LogP contribution is -2.44. The SMILES string of the molecule is CC1CCN(CC(=O)N(C)CC(=O)Nc2ccc(Cl)c(C(F)(F)F)c2)CC1. The zero-order chi connectivity index (χ0) is 20.2. The first-order valence-corrected chi connectivity index (χ1v) is 9.07. The normalized spacial score (nSPS) is 16.2. The van der Waals surface area contributed by atoms with Crippen LogP contribution >= 0.6 is 11.6 Å². The summed E-state index contributed by atoms with van der Waals surface area (Å²) in [6.45, 7) is 3.86. The Kier molecular flexibility index (Phi) is 7.11. The number of carbonyl (C=O) groups excluding carboxylic acids is 2. The minimum Gasteiger partial charge on any atom is -0.335 e. The lowest BCUT2D eigenvalue weighted by atomic mass is 9.99. The highest BCUT2D eigenvalue weighted by Crippen LogP contribution is 2.36.